The third-order valence-corrected chi connectivity index (χ3v) is 5.84. The van der Waals surface area contributed by atoms with E-state index in [9.17, 15) is 18.0 Å². The molecule has 0 saturated heterocycles. The number of carbonyl (C=O) groups excluding carboxylic acids is 2. The van der Waals surface area contributed by atoms with Gasteiger partial charge in [0, 0.05) is 25.2 Å². The highest BCUT2D eigenvalue weighted by atomic mass is 32.2. The molecule has 2 amide bonds. The summed E-state index contributed by atoms with van der Waals surface area (Å²) >= 11 is 0. The maximum absolute atomic E-state index is 12.9. The third-order valence-electron chi connectivity index (χ3n) is 4.47. The minimum absolute atomic E-state index is 0.0712. The molecular formula is C20H23N3O4S. The third kappa shape index (κ3) is 4.01. The van der Waals surface area contributed by atoms with Crippen LogP contribution in [0.25, 0.3) is 0 Å². The lowest BCUT2D eigenvalue weighted by Gasteiger charge is -2.16. The first-order chi connectivity index (χ1) is 13.2. The van der Waals surface area contributed by atoms with E-state index in [1.165, 1.54) is 13.0 Å². The highest BCUT2D eigenvalue weighted by molar-refractivity contribution is 7.92. The number of benzene rings is 2. The highest BCUT2D eigenvalue weighted by Gasteiger charge is 2.25. The van der Waals surface area contributed by atoms with Crippen molar-refractivity contribution < 1.29 is 18.0 Å². The van der Waals surface area contributed by atoms with Crippen molar-refractivity contribution in [3.05, 3.63) is 53.6 Å². The summed E-state index contributed by atoms with van der Waals surface area (Å²) in [6.45, 7) is 5.69. The molecule has 0 atom stereocenters. The fraction of sp³-hybridized carbons (Fsp3) is 0.300. The van der Waals surface area contributed by atoms with Crippen LogP contribution < -0.4 is 14.9 Å². The summed E-state index contributed by atoms with van der Waals surface area (Å²) in [5.74, 6) is -0.420. The maximum atomic E-state index is 12.9. The molecule has 0 fully saturated rings. The lowest BCUT2D eigenvalue weighted by molar-refractivity contribution is -0.116. The monoisotopic (exact) mass is 401 g/mol. The van der Waals surface area contributed by atoms with Gasteiger partial charge in [0.1, 0.15) is 0 Å². The summed E-state index contributed by atoms with van der Waals surface area (Å²) in [4.78, 5) is 25.8. The smallest absolute Gasteiger partial charge is 0.261 e. The molecule has 148 valence electrons. The summed E-state index contributed by atoms with van der Waals surface area (Å²) in [5.41, 5.74) is 2.02. The fourth-order valence-corrected chi connectivity index (χ4v) is 4.32. The predicted molar refractivity (Wildman–Crippen MR) is 108 cm³/mol. The van der Waals surface area contributed by atoms with Crippen molar-refractivity contribution >= 4 is 33.2 Å². The van der Waals surface area contributed by atoms with Crippen LogP contribution >= 0.6 is 0 Å². The van der Waals surface area contributed by atoms with Gasteiger partial charge in [-0.25, -0.2) is 8.42 Å². The molecule has 1 aliphatic heterocycles. The van der Waals surface area contributed by atoms with Gasteiger partial charge in [-0.15, -0.1) is 0 Å². The minimum Gasteiger partial charge on any atom is -0.350 e. The first kappa shape index (κ1) is 19.9. The second-order valence-corrected chi connectivity index (χ2v) is 8.67. The Morgan fingerprint density at radius 1 is 1.11 bits per heavy atom. The molecule has 8 heteroatoms. The molecule has 1 aliphatic rings. The van der Waals surface area contributed by atoms with Crippen LogP contribution in [0, 0.1) is 0 Å². The van der Waals surface area contributed by atoms with Gasteiger partial charge < -0.3 is 10.2 Å². The standard InChI is InChI=1S/C20H23N3O4S/c1-13(2)21-20(25)17-6-4-5-7-18(17)22-28(26,27)16-8-9-19-15(12-16)10-11-23(19)14(3)24/h4-9,12-13,22H,10-11H2,1-3H3,(H,21,25). The van der Waals surface area contributed by atoms with E-state index in [-0.39, 0.29) is 34.0 Å². The van der Waals surface area contributed by atoms with Crippen molar-refractivity contribution in [2.75, 3.05) is 16.2 Å². The van der Waals surface area contributed by atoms with E-state index in [0.717, 1.165) is 11.3 Å². The molecule has 2 aromatic carbocycles. The largest absolute Gasteiger partial charge is 0.350 e. The normalized spacial score (nSPS) is 13.4. The van der Waals surface area contributed by atoms with Crippen LogP contribution in [0.5, 0.6) is 0 Å². The van der Waals surface area contributed by atoms with Crippen LogP contribution in [0.2, 0.25) is 0 Å². The fourth-order valence-electron chi connectivity index (χ4n) is 3.19. The molecule has 2 N–H and O–H groups in total. The van der Waals surface area contributed by atoms with Crippen molar-refractivity contribution in [1.82, 2.24) is 5.32 Å². The Balaban J connectivity index is 1.90. The first-order valence-corrected chi connectivity index (χ1v) is 10.5. The van der Waals surface area contributed by atoms with Gasteiger partial charge in [-0.05, 0) is 56.2 Å². The number of hydrogen-bond acceptors (Lipinski definition) is 4. The number of nitrogens with zero attached hydrogens (tertiary/aromatic N) is 1. The summed E-state index contributed by atoms with van der Waals surface area (Å²) in [6, 6.07) is 11.1. The number of amides is 2. The Morgan fingerprint density at radius 3 is 2.50 bits per heavy atom. The zero-order valence-electron chi connectivity index (χ0n) is 16.0. The summed E-state index contributed by atoms with van der Waals surface area (Å²) in [7, 11) is -3.89. The molecule has 0 aliphatic carbocycles. The van der Waals surface area contributed by atoms with Gasteiger partial charge >= 0.3 is 0 Å². The van der Waals surface area contributed by atoms with Gasteiger partial charge in [-0.2, -0.15) is 0 Å². The maximum Gasteiger partial charge on any atom is 0.261 e. The Hall–Kier alpha value is -2.87. The molecule has 0 spiro atoms. The van der Waals surface area contributed by atoms with E-state index >= 15 is 0 Å². The lowest BCUT2D eigenvalue weighted by atomic mass is 10.1. The topological polar surface area (TPSA) is 95.6 Å². The highest BCUT2D eigenvalue weighted by Crippen LogP contribution is 2.31. The molecule has 0 radical (unpaired) electrons. The predicted octanol–water partition coefficient (Wildman–Crippen LogP) is 2.53. The van der Waals surface area contributed by atoms with Crippen molar-refractivity contribution in [1.29, 1.82) is 0 Å². The van der Waals surface area contributed by atoms with Crippen LogP contribution in [0.4, 0.5) is 11.4 Å². The first-order valence-electron chi connectivity index (χ1n) is 9.03. The number of carbonyl (C=O) groups is 2. The van der Waals surface area contributed by atoms with Crippen molar-refractivity contribution in [2.24, 2.45) is 0 Å². The van der Waals surface area contributed by atoms with E-state index in [0.29, 0.717) is 13.0 Å². The van der Waals surface area contributed by atoms with E-state index in [2.05, 4.69) is 10.0 Å². The molecule has 3 rings (SSSR count). The Morgan fingerprint density at radius 2 is 1.82 bits per heavy atom. The van der Waals surface area contributed by atoms with Gasteiger partial charge in [0.2, 0.25) is 5.91 Å². The molecule has 2 aromatic rings. The second-order valence-electron chi connectivity index (χ2n) is 6.99. The van der Waals surface area contributed by atoms with Crippen LogP contribution in [-0.4, -0.2) is 32.8 Å². The Labute approximate surface area is 164 Å². The van der Waals surface area contributed by atoms with Gasteiger partial charge in [-0.1, -0.05) is 12.1 Å². The number of sulfonamides is 1. The molecule has 7 nitrogen and oxygen atoms in total. The van der Waals surface area contributed by atoms with Gasteiger partial charge in [-0.3, -0.25) is 14.3 Å². The molecule has 0 aromatic heterocycles. The zero-order valence-corrected chi connectivity index (χ0v) is 16.8. The lowest BCUT2D eigenvalue weighted by Crippen LogP contribution is -2.31. The van der Waals surface area contributed by atoms with Crippen LogP contribution in [0.3, 0.4) is 0 Å². The number of para-hydroxylation sites is 1. The number of rotatable bonds is 5. The van der Waals surface area contributed by atoms with E-state index in [1.807, 2.05) is 13.8 Å². The molecular weight excluding hydrogens is 378 g/mol. The Bertz CT molecular complexity index is 1030. The van der Waals surface area contributed by atoms with Gasteiger partial charge in [0.15, 0.2) is 0 Å². The molecule has 0 bridgehead atoms. The van der Waals surface area contributed by atoms with Crippen LogP contribution in [0.1, 0.15) is 36.7 Å². The Kier molecular flexibility index (Phi) is 5.42. The summed E-state index contributed by atoms with van der Waals surface area (Å²) < 4.78 is 28.3. The number of hydrogen-bond donors (Lipinski definition) is 2. The van der Waals surface area contributed by atoms with Crippen LogP contribution in [-0.2, 0) is 21.2 Å². The number of nitrogens with one attached hydrogen (secondary N) is 2. The van der Waals surface area contributed by atoms with E-state index < -0.39 is 10.0 Å². The molecule has 0 unspecified atom stereocenters. The second kappa shape index (κ2) is 7.63. The SMILES string of the molecule is CC(=O)N1CCc2cc(S(=O)(=O)Nc3ccccc3C(=O)NC(C)C)ccc21. The van der Waals surface area contributed by atoms with Crippen molar-refractivity contribution in [2.45, 2.75) is 38.1 Å². The minimum atomic E-state index is -3.89. The number of anilines is 2. The average Bonchev–Trinajstić information content (AvgIpc) is 3.04. The molecule has 0 saturated carbocycles. The quantitative estimate of drug-likeness (QED) is 0.805. The van der Waals surface area contributed by atoms with Crippen LogP contribution in [0.15, 0.2) is 47.4 Å². The molecule has 1 heterocycles. The van der Waals surface area contributed by atoms with E-state index in [4.69, 9.17) is 0 Å². The molecule has 28 heavy (non-hydrogen) atoms. The van der Waals surface area contributed by atoms with E-state index in [1.54, 1.807) is 41.3 Å². The van der Waals surface area contributed by atoms with Crippen molar-refractivity contribution in [3.63, 3.8) is 0 Å². The summed E-state index contributed by atoms with van der Waals surface area (Å²) in [5, 5.41) is 2.76. The van der Waals surface area contributed by atoms with Gasteiger partial charge in [0.25, 0.3) is 15.9 Å². The number of fused-ring (bicyclic) bond motifs is 1. The zero-order chi connectivity index (χ0) is 20.5. The van der Waals surface area contributed by atoms with Gasteiger partial charge in [0.05, 0.1) is 16.1 Å². The van der Waals surface area contributed by atoms with Crippen molar-refractivity contribution in [3.8, 4) is 0 Å². The average molecular weight is 401 g/mol. The summed E-state index contributed by atoms with van der Waals surface area (Å²) in [6.07, 6.45) is 0.603.